The van der Waals surface area contributed by atoms with E-state index in [4.69, 9.17) is 24.7 Å². The number of rotatable bonds is 9. The van der Waals surface area contributed by atoms with E-state index in [9.17, 15) is 4.79 Å². The van der Waals surface area contributed by atoms with Gasteiger partial charge in [-0.2, -0.15) is 0 Å². The fourth-order valence-electron chi connectivity index (χ4n) is 3.17. The molecule has 3 N–H and O–H groups in total. The Hall–Kier alpha value is -1.83. The van der Waals surface area contributed by atoms with Crippen LogP contribution in [0.15, 0.2) is 18.2 Å². The Labute approximate surface area is 155 Å². The molecule has 0 spiro atoms. The number of amides is 1. The quantitative estimate of drug-likeness (QED) is 0.651. The lowest BCUT2D eigenvalue weighted by atomic mass is 9.54. The largest absolute Gasteiger partial charge is 0.493 e. The van der Waals surface area contributed by atoms with Crippen LogP contribution in [0.4, 0.5) is 5.69 Å². The number of ether oxygens (including phenoxy) is 4. The van der Waals surface area contributed by atoms with Gasteiger partial charge in [-0.15, -0.1) is 0 Å². The van der Waals surface area contributed by atoms with Crippen LogP contribution in [0.2, 0.25) is 0 Å². The van der Waals surface area contributed by atoms with Crippen molar-refractivity contribution < 1.29 is 23.7 Å². The fourth-order valence-corrected chi connectivity index (χ4v) is 3.17. The van der Waals surface area contributed by atoms with Gasteiger partial charge in [-0.05, 0) is 19.1 Å². The van der Waals surface area contributed by atoms with E-state index in [-0.39, 0.29) is 12.0 Å². The van der Waals surface area contributed by atoms with Crippen molar-refractivity contribution in [3.8, 4) is 11.5 Å². The van der Waals surface area contributed by atoms with Crippen molar-refractivity contribution in [2.45, 2.75) is 38.8 Å². The second-order valence-corrected chi connectivity index (χ2v) is 7.00. The number of carbonyl (C=O) groups excluding carboxylic acids is 1. The minimum Gasteiger partial charge on any atom is -0.493 e. The minimum atomic E-state index is -0.982. The highest BCUT2D eigenvalue weighted by molar-refractivity contribution is 6.00. The molecular weight excluding hydrogens is 336 g/mol. The molecule has 2 atom stereocenters. The topological polar surface area (TPSA) is 92.0 Å². The van der Waals surface area contributed by atoms with Crippen molar-refractivity contribution in [2.24, 2.45) is 11.1 Å². The molecule has 0 radical (unpaired) electrons. The summed E-state index contributed by atoms with van der Waals surface area (Å²) in [6.45, 7) is 7.31. The molecule has 0 aliphatic heterocycles. The molecule has 146 valence electrons. The van der Waals surface area contributed by atoms with Crippen molar-refractivity contribution in [3.05, 3.63) is 18.2 Å². The minimum absolute atomic E-state index is 0.0212. The van der Waals surface area contributed by atoms with E-state index in [1.165, 1.54) is 0 Å². The lowest BCUT2D eigenvalue weighted by Gasteiger charge is -2.57. The number of hydrogen-bond donors (Lipinski definition) is 2. The SMILES string of the molecule is CCOC1CC(N)(C(=O)Nc2ccc(OC)c(OCCOC)c2)C1(C)C. The Morgan fingerprint density at radius 1 is 1.27 bits per heavy atom. The Morgan fingerprint density at radius 2 is 2.00 bits per heavy atom. The van der Waals surface area contributed by atoms with Gasteiger partial charge in [0.25, 0.3) is 0 Å². The van der Waals surface area contributed by atoms with E-state index in [0.29, 0.717) is 43.4 Å². The lowest BCUT2D eigenvalue weighted by Crippen LogP contribution is -2.74. The zero-order valence-corrected chi connectivity index (χ0v) is 16.3. The van der Waals surface area contributed by atoms with Crippen LogP contribution in [0.5, 0.6) is 11.5 Å². The summed E-state index contributed by atoms with van der Waals surface area (Å²) in [5.74, 6) is 0.891. The summed E-state index contributed by atoms with van der Waals surface area (Å²) in [7, 11) is 3.17. The van der Waals surface area contributed by atoms with Crippen molar-refractivity contribution in [3.63, 3.8) is 0 Å². The molecule has 1 aliphatic rings. The van der Waals surface area contributed by atoms with E-state index in [0.717, 1.165) is 0 Å². The van der Waals surface area contributed by atoms with Crippen LogP contribution in [0, 0.1) is 5.41 Å². The van der Waals surface area contributed by atoms with E-state index < -0.39 is 11.0 Å². The van der Waals surface area contributed by atoms with Gasteiger partial charge in [-0.1, -0.05) is 13.8 Å². The maximum absolute atomic E-state index is 12.8. The standard InChI is InChI=1S/C19H30N2O5/c1-6-25-16-12-19(20,18(16,2)3)17(22)21-13-7-8-14(24-5)15(11-13)26-10-9-23-4/h7-8,11,16H,6,9-10,12,20H2,1-5H3,(H,21,22). The van der Waals surface area contributed by atoms with Gasteiger partial charge in [0.1, 0.15) is 12.1 Å². The molecule has 0 aromatic heterocycles. The molecule has 1 aromatic carbocycles. The van der Waals surface area contributed by atoms with E-state index in [2.05, 4.69) is 5.32 Å². The first kappa shape index (κ1) is 20.5. The normalized spacial score (nSPS) is 23.8. The predicted molar refractivity (Wildman–Crippen MR) is 99.7 cm³/mol. The first-order valence-electron chi connectivity index (χ1n) is 8.81. The van der Waals surface area contributed by atoms with E-state index >= 15 is 0 Å². The highest BCUT2D eigenvalue weighted by atomic mass is 16.5. The maximum atomic E-state index is 12.8. The first-order chi connectivity index (χ1) is 12.3. The average molecular weight is 366 g/mol. The van der Waals surface area contributed by atoms with Crippen LogP contribution in [0.1, 0.15) is 27.2 Å². The molecule has 0 heterocycles. The molecule has 7 nitrogen and oxygen atoms in total. The molecule has 1 aromatic rings. The number of benzene rings is 1. The third kappa shape index (κ3) is 3.79. The summed E-state index contributed by atoms with van der Waals surface area (Å²) in [5.41, 5.74) is 5.59. The predicted octanol–water partition coefficient (Wildman–Crippen LogP) is 2.19. The Bertz CT molecular complexity index is 634. The molecule has 2 unspecified atom stereocenters. The van der Waals surface area contributed by atoms with Gasteiger partial charge < -0.3 is 30.0 Å². The summed E-state index contributed by atoms with van der Waals surface area (Å²) in [6.07, 6.45) is 0.472. The van der Waals surface area contributed by atoms with Gasteiger partial charge in [-0.3, -0.25) is 4.79 Å². The molecule has 0 saturated heterocycles. The Kier molecular flexibility index (Phi) is 6.49. The molecule has 0 bridgehead atoms. The van der Waals surface area contributed by atoms with Crippen LogP contribution in [-0.2, 0) is 14.3 Å². The maximum Gasteiger partial charge on any atom is 0.245 e. The van der Waals surface area contributed by atoms with Crippen LogP contribution in [0.3, 0.4) is 0 Å². The van der Waals surface area contributed by atoms with E-state index in [1.54, 1.807) is 32.4 Å². The molecular formula is C19H30N2O5. The van der Waals surface area contributed by atoms with Gasteiger partial charge in [0, 0.05) is 37.3 Å². The first-order valence-corrected chi connectivity index (χ1v) is 8.81. The fraction of sp³-hybridized carbons (Fsp3) is 0.632. The molecule has 1 saturated carbocycles. The summed E-state index contributed by atoms with van der Waals surface area (Å²) < 4.78 is 21.6. The second-order valence-electron chi connectivity index (χ2n) is 7.00. The Balaban J connectivity index is 2.10. The number of hydrogen-bond acceptors (Lipinski definition) is 6. The third-order valence-corrected chi connectivity index (χ3v) is 5.20. The van der Waals surface area contributed by atoms with Crippen LogP contribution in [-0.4, -0.2) is 51.6 Å². The van der Waals surface area contributed by atoms with Crippen molar-refractivity contribution in [1.82, 2.24) is 0 Å². The van der Waals surface area contributed by atoms with Gasteiger partial charge in [0.15, 0.2) is 11.5 Å². The number of anilines is 1. The molecule has 1 aliphatic carbocycles. The zero-order chi connectivity index (χ0) is 19.4. The van der Waals surface area contributed by atoms with Crippen LogP contribution >= 0.6 is 0 Å². The highest BCUT2D eigenvalue weighted by Crippen LogP contribution is 2.50. The van der Waals surface area contributed by atoms with Gasteiger partial charge in [0.05, 0.1) is 19.8 Å². The second kappa shape index (κ2) is 8.24. The molecule has 7 heteroatoms. The molecule has 26 heavy (non-hydrogen) atoms. The Morgan fingerprint density at radius 3 is 2.58 bits per heavy atom. The number of nitrogens with one attached hydrogen (secondary N) is 1. The summed E-state index contributed by atoms with van der Waals surface area (Å²) in [6, 6.07) is 5.23. The van der Waals surface area contributed by atoms with Crippen molar-refractivity contribution in [1.29, 1.82) is 0 Å². The highest BCUT2D eigenvalue weighted by Gasteiger charge is 2.62. The third-order valence-electron chi connectivity index (χ3n) is 5.20. The molecule has 1 amide bonds. The van der Waals surface area contributed by atoms with Crippen LogP contribution in [0.25, 0.3) is 0 Å². The molecule has 1 fully saturated rings. The monoisotopic (exact) mass is 366 g/mol. The molecule has 2 rings (SSSR count). The number of methoxy groups -OCH3 is 2. The van der Waals surface area contributed by atoms with Crippen molar-refractivity contribution >= 4 is 11.6 Å². The smallest absolute Gasteiger partial charge is 0.245 e. The number of nitrogens with two attached hydrogens (primary N) is 1. The van der Waals surface area contributed by atoms with Crippen molar-refractivity contribution in [2.75, 3.05) is 39.4 Å². The van der Waals surface area contributed by atoms with Gasteiger partial charge in [-0.25, -0.2) is 0 Å². The van der Waals surface area contributed by atoms with Gasteiger partial charge in [0.2, 0.25) is 5.91 Å². The van der Waals surface area contributed by atoms with Crippen LogP contribution < -0.4 is 20.5 Å². The average Bonchev–Trinajstić information content (AvgIpc) is 2.61. The lowest BCUT2D eigenvalue weighted by molar-refractivity contribution is -0.166. The summed E-state index contributed by atoms with van der Waals surface area (Å²) in [5, 5.41) is 2.90. The summed E-state index contributed by atoms with van der Waals surface area (Å²) in [4.78, 5) is 12.8. The zero-order valence-electron chi connectivity index (χ0n) is 16.3. The number of carbonyl (C=O) groups is 1. The summed E-state index contributed by atoms with van der Waals surface area (Å²) >= 11 is 0. The van der Waals surface area contributed by atoms with E-state index in [1.807, 2.05) is 20.8 Å². The van der Waals surface area contributed by atoms with Gasteiger partial charge >= 0.3 is 0 Å².